The topological polar surface area (TPSA) is 47.9 Å². The third kappa shape index (κ3) is 4.78. The molecule has 3 rings (SSSR count). The van der Waals surface area contributed by atoms with Crippen molar-refractivity contribution in [2.24, 2.45) is 0 Å². The van der Waals surface area contributed by atoms with Crippen LogP contribution in [0.3, 0.4) is 0 Å². The van der Waals surface area contributed by atoms with E-state index in [0.29, 0.717) is 5.84 Å². The molecule has 0 spiro atoms. The molecule has 0 unspecified atom stereocenters. The predicted molar refractivity (Wildman–Crippen MR) is 103 cm³/mol. The lowest BCUT2D eigenvalue weighted by molar-refractivity contribution is 0.687. The molecule has 3 nitrogen and oxygen atoms in total. The molecule has 0 bridgehead atoms. The first-order chi connectivity index (χ1) is 11.8. The fraction of sp³-hybridized carbons (Fsp3) is 0.150. The van der Waals surface area contributed by atoms with Gasteiger partial charge in [-0.15, -0.1) is 11.3 Å². The third-order valence-corrected chi connectivity index (χ3v) is 4.61. The lowest BCUT2D eigenvalue weighted by Gasteiger charge is -2.09. The summed E-state index contributed by atoms with van der Waals surface area (Å²) >= 11 is 1.57. The van der Waals surface area contributed by atoms with Crippen LogP contribution in [-0.4, -0.2) is 12.4 Å². The van der Waals surface area contributed by atoms with E-state index in [2.05, 4.69) is 47.0 Å². The van der Waals surface area contributed by atoms with Gasteiger partial charge in [0.25, 0.3) is 0 Å². The van der Waals surface area contributed by atoms with Gasteiger partial charge in [0, 0.05) is 12.2 Å². The molecule has 0 saturated heterocycles. The van der Waals surface area contributed by atoms with Crippen LogP contribution in [0.1, 0.15) is 16.0 Å². The maximum atomic E-state index is 8.10. The maximum absolute atomic E-state index is 8.10. The second kappa shape index (κ2) is 8.43. The molecule has 0 fully saturated rings. The number of nitrogens with one attached hydrogen (secondary N) is 3. The molecule has 0 saturated carbocycles. The van der Waals surface area contributed by atoms with E-state index in [4.69, 9.17) is 5.41 Å². The van der Waals surface area contributed by atoms with Crippen LogP contribution in [0, 0.1) is 5.41 Å². The van der Waals surface area contributed by atoms with Gasteiger partial charge in [-0.2, -0.15) is 0 Å². The molecular weight excluding hydrogens is 314 g/mol. The van der Waals surface area contributed by atoms with E-state index >= 15 is 0 Å². The van der Waals surface area contributed by atoms with Gasteiger partial charge in [0.1, 0.15) is 5.84 Å². The van der Waals surface area contributed by atoms with Crippen LogP contribution in [-0.2, 0) is 13.0 Å². The Hall–Kier alpha value is -2.43. The van der Waals surface area contributed by atoms with Crippen LogP contribution in [0.4, 0.5) is 5.69 Å². The summed E-state index contributed by atoms with van der Waals surface area (Å²) in [6.45, 7) is 1.82. The van der Waals surface area contributed by atoms with Gasteiger partial charge in [-0.1, -0.05) is 48.5 Å². The Balaban J connectivity index is 1.49. The number of hydrogen-bond donors (Lipinski definition) is 3. The number of hydrogen-bond acceptors (Lipinski definition) is 3. The quantitative estimate of drug-likeness (QED) is 0.338. The summed E-state index contributed by atoms with van der Waals surface area (Å²) in [5.41, 5.74) is 3.53. The molecule has 0 aliphatic carbocycles. The van der Waals surface area contributed by atoms with Crippen LogP contribution in [0.25, 0.3) is 0 Å². The molecule has 24 heavy (non-hydrogen) atoms. The molecule has 3 aromatic rings. The summed E-state index contributed by atoms with van der Waals surface area (Å²) in [6, 6.07) is 22.6. The summed E-state index contributed by atoms with van der Waals surface area (Å²) in [7, 11) is 0. The van der Waals surface area contributed by atoms with Crippen molar-refractivity contribution in [3.8, 4) is 0 Å². The van der Waals surface area contributed by atoms with Gasteiger partial charge in [0.05, 0.1) is 4.88 Å². The molecule has 0 radical (unpaired) electrons. The Morgan fingerprint density at radius 3 is 2.54 bits per heavy atom. The average Bonchev–Trinajstić information content (AvgIpc) is 3.15. The monoisotopic (exact) mass is 335 g/mol. The van der Waals surface area contributed by atoms with Gasteiger partial charge in [0.15, 0.2) is 0 Å². The molecule has 0 aliphatic heterocycles. The Bertz CT molecular complexity index is 767. The molecular formula is C20H21N3S. The Morgan fingerprint density at radius 1 is 0.917 bits per heavy atom. The van der Waals surface area contributed by atoms with Crippen molar-refractivity contribution in [2.45, 2.75) is 13.0 Å². The number of benzene rings is 2. The van der Waals surface area contributed by atoms with Gasteiger partial charge < -0.3 is 10.6 Å². The molecule has 0 aliphatic rings. The molecule has 0 atom stereocenters. The molecule has 2 aromatic carbocycles. The first-order valence-electron chi connectivity index (χ1n) is 8.04. The summed E-state index contributed by atoms with van der Waals surface area (Å²) < 4.78 is 0. The van der Waals surface area contributed by atoms with Gasteiger partial charge in [-0.25, -0.2) is 0 Å². The normalized spacial score (nSPS) is 10.5. The van der Waals surface area contributed by atoms with Crippen molar-refractivity contribution in [1.29, 1.82) is 5.41 Å². The van der Waals surface area contributed by atoms with Crippen molar-refractivity contribution in [1.82, 2.24) is 5.32 Å². The minimum absolute atomic E-state index is 0.448. The standard InChI is InChI=1S/C20H21N3S/c21-20(19-10-5-13-24-19)23-18-9-4-8-16(14-18)11-12-22-15-17-6-2-1-3-7-17/h1-10,13-14,22H,11-12,15H2,(H2,21,23). The second-order valence-corrected chi connectivity index (χ2v) is 6.54. The van der Waals surface area contributed by atoms with Crippen molar-refractivity contribution in [3.05, 3.63) is 88.1 Å². The highest BCUT2D eigenvalue weighted by Gasteiger charge is 2.03. The number of thiophene rings is 1. The Morgan fingerprint density at radius 2 is 1.75 bits per heavy atom. The van der Waals surface area contributed by atoms with E-state index in [0.717, 1.165) is 30.1 Å². The Kier molecular flexibility index (Phi) is 5.77. The lowest BCUT2D eigenvalue weighted by Crippen LogP contribution is -2.16. The highest BCUT2D eigenvalue weighted by molar-refractivity contribution is 7.12. The van der Waals surface area contributed by atoms with Gasteiger partial charge >= 0.3 is 0 Å². The fourth-order valence-electron chi connectivity index (χ4n) is 2.49. The van der Waals surface area contributed by atoms with Gasteiger partial charge in [0.2, 0.25) is 0 Å². The van der Waals surface area contributed by atoms with Gasteiger partial charge in [-0.3, -0.25) is 5.41 Å². The molecule has 0 amide bonds. The molecule has 4 heteroatoms. The minimum Gasteiger partial charge on any atom is -0.340 e. The van der Waals surface area contributed by atoms with Crippen molar-refractivity contribution < 1.29 is 0 Å². The number of rotatable bonds is 7. The largest absolute Gasteiger partial charge is 0.340 e. The zero-order valence-corrected chi connectivity index (χ0v) is 14.3. The summed E-state index contributed by atoms with van der Waals surface area (Å²) in [4.78, 5) is 0.949. The van der Waals surface area contributed by atoms with Crippen LogP contribution in [0.15, 0.2) is 72.1 Å². The van der Waals surface area contributed by atoms with Crippen LogP contribution in [0.5, 0.6) is 0 Å². The smallest absolute Gasteiger partial charge is 0.140 e. The van der Waals surface area contributed by atoms with Crippen LogP contribution in [0.2, 0.25) is 0 Å². The van der Waals surface area contributed by atoms with E-state index in [1.807, 2.05) is 35.7 Å². The summed E-state index contributed by atoms with van der Waals surface area (Å²) in [5.74, 6) is 0.448. The highest BCUT2D eigenvalue weighted by atomic mass is 32.1. The van der Waals surface area contributed by atoms with Crippen molar-refractivity contribution >= 4 is 22.9 Å². The predicted octanol–water partition coefficient (Wildman–Crippen LogP) is 4.52. The Labute approximate surface area is 146 Å². The second-order valence-electron chi connectivity index (χ2n) is 5.59. The van der Waals surface area contributed by atoms with E-state index in [-0.39, 0.29) is 0 Å². The fourth-order valence-corrected chi connectivity index (χ4v) is 3.12. The zero-order chi connectivity index (χ0) is 16.6. The molecule has 3 N–H and O–H groups in total. The minimum atomic E-state index is 0.448. The maximum Gasteiger partial charge on any atom is 0.140 e. The summed E-state index contributed by atoms with van der Waals surface area (Å²) in [6.07, 6.45) is 0.967. The average molecular weight is 335 g/mol. The number of amidine groups is 1. The SMILES string of the molecule is N=C(Nc1cccc(CCNCc2ccccc2)c1)c1cccs1. The van der Waals surface area contributed by atoms with Crippen molar-refractivity contribution in [3.63, 3.8) is 0 Å². The van der Waals surface area contributed by atoms with E-state index in [1.165, 1.54) is 11.1 Å². The molecule has 1 heterocycles. The number of anilines is 1. The lowest BCUT2D eigenvalue weighted by atomic mass is 10.1. The highest BCUT2D eigenvalue weighted by Crippen LogP contribution is 2.15. The van der Waals surface area contributed by atoms with E-state index < -0.39 is 0 Å². The third-order valence-electron chi connectivity index (χ3n) is 3.73. The first kappa shape index (κ1) is 16.4. The van der Waals surface area contributed by atoms with E-state index in [1.54, 1.807) is 11.3 Å². The zero-order valence-electron chi connectivity index (χ0n) is 13.5. The summed E-state index contributed by atoms with van der Waals surface area (Å²) in [5, 5.41) is 16.7. The first-order valence-corrected chi connectivity index (χ1v) is 8.92. The van der Waals surface area contributed by atoms with Crippen molar-refractivity contribution in [2.75, 3.05) is 11.9 Å². The van der Waals surface area contributed by atoms with Gasteiger partial charge in [-0.05, 0) is 47.7 Å². The van der Waals surface area contributed by atoms with Crippen LogP contribution < -0.4 is 10.6 Å². The molecule has 122 valence electrons. The van der Waals surface area contributed by atoms with Crippen LogP contribution >= 0.6 is 11.3 Å². The van der Waals surface area contributed by atoms with E-state index in [9.17, 15) is 0 Å². The molecule has 1 aromatic heterocycles.